The molecule has 1 atom stereocenters. The van der Waals surface area contributed by atoms with Gasteiger partial charge in [0.15, 0.2) is 0 Å². The van der Waals surface area contributed by atoms with Gasteiger partial charge in [-0.2, -0.15) is 0 Å². The summed E-state index contributed by atoms with van der Waals surface area (Å²) < 4.78 is 0. The summed E-state index contributed by atoms with van der Waals surface area (Å²) in [5.41, 5.74) is 0. The standard InChI is InChI=1S/C11H17N3OS.2ClH/c15-10(4-3-9-2-1-5-12-9)14-8-11-13-6-7-16-11;;/h6-7,9,12H,1-5,8H2,(H,14,15);2*1H. The normalized spacial score (nSPS) is 17.7. The number of rotatable bonds is 5. The first-order valence-electron chi connectivity index (χ1n) is 5.73. The fourth-order valence-corrected chi connectivity index (χ4v) is 2.47. The number of aromatic nitrogens is 1. The molecule has 104 valence electrons. The fraction of sp³-hybridized carbons (Fsp3) is 0.636. The van der Waals surface area contributed by atoms with Crippen molar-refractivity contribution in [3.63, 3.8) is 0 Å². The zero-order chi connectivity index (χ0) is 11.2. The number of nitrogens with one attached hydrogen (secondary N) is 2. The van der Waals surface area contributed by atoms with E-state index in [-0.39, 0.29) is 30.7 Å². The molecule has 18 heavy (non-hydrogen) atoms. The number of thiazole rings is 1. The van der Waals surface area contributed by atoms with Crippen LogP contribution < -0.4 is 10.6 Å². The van der Waals surface area contributed by atoms with Crippen molar-refractivity contribution < 1.29 is 4.79 Å². The van der Waals surface area contributed by atoms with E-state index in [1.54, 1.807) is 17.5 Å². The van der Waals surface area contributed by atoms with Gasteiger partial charge in [0.2, 0.25) is 5.91 Å². The van der Waals surface area contributed by atoms with Gasteiger partial charge in [-0.25, -0.2) is 4.98 Å². The molecule has 1 amide bonds. The third kappa shape index (κ3) is 6.00. The number of hydrogen-bond donors (Lipinski definition) is 2. The number of amides is 1. The van der Waals surface area contributed by atoms with Gasteiger partial charge in [-0.05, 0) is 25.8 Å². The lowest BCUT2D eigenvalue weighted by Gasteiger charge is -2.09. The summed E-state index contributed by atoms with van der Waals surface area (Å²) in [6.45, 7) is 1.67. The van der Waals surface area contributed by atoms with Crippen molar-refractivity contribution in [1.82, 2.24) is 15.6 Å². The van der Waals surface area contributed by atoms with E-state index in [0.29, 0.717) is 19.0 Å². The van der Waals surface area contributed by atoms with E-state index in [0.717, 1.165) is 18.0 Å². The largest absolute Gasteiger partial charge is 0.350 e. The van der Waals surface area contributed by atoms with Crippen LogP contribution in [0.25, 0.3) is 0 Å². The maximum Gasteiger partial charge on any atom is 0.220 e. The molecular formula is C11H19Cl2N3OS. The topological polar surface area (TPSA) is 54.0 Å². The third-order valence-corrected chi connectivity index (χ3v) is 3.58. The van der Waals surface area contributed by atoms with E-state index in [4.69, 9.17) is 0 Å². The van der Waals surface area contributed by atoms with Crippen molar-refractivity contribution in [3.8, 4) is 0 Å². The lowest BCUT2D eigenvalue weighted by molar-refractivity contribution is -0.121. The minimum Gasteiger partial charge on any atom is -0.350 e. The van der Waals surface area contributed by atoms with Crippen LogP contribution in [0.5, 0.6) is 0 Å². The predicted octanol–water partition coefficient (Wildman–Crippen LogP) is 2.14. The third-order valence-electron chi connectivity index (χ3n) is 2.80. The quantitative estimate of drug-likeness (QED) is 0.876. The Kier molecular flexibility index (Phi) is 9.36. The van der Waals surface area contributed by atoms with Gasteiger partial charge >= 0.3 is 0 Å². The second-order valence-corrected chi connectivity index (χ2v) is 5.01. The van der Waals surface area contributed by atoms with Crippen molar-refractivity contribution in [1.29, 1.82) is 0 Å². The number of nitrogens with zero attached hydrogens (tertiary/aromatic N) is 1. The van der Waals surface area contributed by atoms with Gasteiger partial charge in [0, 0.05) is 24.0 Å². The molecule has 4 nitrogen and oxygen atoms in total. The van der Waals surface area contributed by atoms with Gasteiger partial charge < -0.3 is 10.6 Å². The molecular weight excluding hydrogens is 293 g/mol. The van der Waals surface area contributed by atoms with Gasteiger partial charge in [0.05, 0.1) is 6.54 Å². The Morgan fingerprint density at radius 3 is 3.00 bits per heavy atom. The van der Waals surface area contributed by atoms with Crippen molar-refractivity contribution in [3.05, 3.63) is 16.6 Å². The minimum absolute atomic E-state index is 0. The molecule has 1 fully saturated rings. The maximum absolute atomic E-state index is 11.5. The Morgan fingerprint density at radius 1 is 1.56 bits per heavy atom. The van der Waals surface area contributed by atoms with Crippen LogP contribution in [0.2, 0.25) is 0 Å². The van der Waals surface area contributed by atoms with Crippen LogP contribution in [-0.4, -0.2) is 23.5 Å². The summed E-state index contributed by atoms with van der Waals surface area (Å²) in [6, 6.07) is 0.547. The molecule has 1 aliphatic rings. The Labute approximate surface area is 124 Å². The molecule has 2 rings (SSSR count). The van der Waals surface area contributed by atoms with Crippen LogP contribution in [0.15, 0.2) is 11.6 Å². The van der Waals surface area contributed by atoms with Crippen LogP contribution in [0.4, 0.5) is 0 Å². The monoisotopic (exact) mass is 311 g/mol. The molecule has 0 radical (unpaired) electrons. The predicted molar refractivity (Wildman–Crippen MR) is 78.7 cm³/mol. The summed E-state index contributed by atoms with van der Waals surface area (Å²) in [5, 5.41) is 9.17. The Balaban J connectivity index is 0.00000144. The summed E-state index contributed by atoms with van der Waals surface area (Å²) >= 11 is 1.57. The highest BCUT2D eigenvalue weighted by molar-refractivity contribution is 7.09. The van der Waals surface area contributed by atoms with Crippen LogP contribution in [-0.2, 0) is 11.3 Å². The zero-order valence-electron chi connectivity index (χ0n) is 10.1. The molecule has 0 saturated carbocycles. The molecule has 0 aromatic carbocycles. The van der Waals surface area contributed by atoms with E-state index >= 15 is 0 Å². The van der Waals surface area contributed by atoms with Crippen molar-refractivity contribution in [2.45, 2.75) is 38.3 Å². The number of hydrogen-bond acceptors (Lipinski definition) is 4. The number of carbonyl (C=O) groups is 1. The first-order valence-corrected chi connectivity index (χ1v) is 6.61. The Bertz CT molecular complexity index is 329. The van der Waals surface area contributed by atoms with Crippen molar-refractivity contribution in [2.24, 2.45) is 0 Å². The van der Waals surface area contributed by atoms with Gasteiger partial charge in [-0.15, -0.1) is 36.2 Å². The van der Waals surface area contributed by atoms with E-state index in [9.17, 15) is 4.79 Å². The molecule has 1 saturated heterocycles. The van der Waals surface area contributed by atoms with Crippen molar-refractivity contribution in [2.75, 3.05) is 6.54 Å². The first kappa shape index (κ1) is 17.6. The molecule has 2 N–H and O–H groups in total. The highest BCUT2D eigenvalue weighted by atomic mass is 35.5. The molecule has 2 heterocycles. The number of halogens is 2. The maximum atomic E-state index is 11.5. The lowest BCUT2D eigenvalue weighted by Crippen LogP contribution is -2.27. The van der Waals surface area contributed by atoms with Gasteiger partial charge in [0.1, 0.15) is 5.01 Å². The highest BCUT2D eigenvalue weighted by Crippen LogP contribution is 2.10. The van der Waals surface area contributed by atoms with E-state index in [1.807, 2.05) is 5.38 Å². The molecule has 1 aliphatic heterocycles. The lowest BCUT2D eigenvalue weighted by atomic mass is 10.1. The van der Waals surface area contributed by atoms with Gasteiger partial charge in [-0.3, -0.25) is 4.79 Å². The molecule has 7 heteroatoms. The van der Waals surface area contributed by atoms with E-state index < -0.39 is 0 Å². The molecule has 1 unspecified atom stereocenters. The van der Waals surface area contributed by atoms with Crippen LogP contribution in [0, 0.1) is 0 Å². The second kappa shape index (κ2) is 9.55. The van der Waals surface area contributed by atoms with Gasteiger partial charge in [-0.1, -0.05) is 0 Å². The number of carbonyl (C=O) groups excluding carboxylic acids is 1. The van der Waals surface area contributed by atoms with Gasteiger partial charge in [0.25, 0.3) is 0 Å². The molecule has 0 spiro atoms. The average Bonchev–Trinajstić information content (AvgIpc) is 2.96. The Morgan fingerprint density at radius 2 is 2.39 bits per heavy atom. The smallest absolute Gasteiger partial charge is 0.220 e. The van der Waals surface area contributed by atoms with Crippen molar-refractivity contribution >= 4 is 42.1 Å². The second-order valence-electron chi connectivity index (χ2n) is 4.03. The fourth-order valence-electron chi connectivity index (χ4n) is 1.91. The molecule has 0 bridgehead atoms. The Hall–Kier alpha value is -0.360. The SMILES string of the molecule is Cl.Cl.O=C(CCC1CCCN1)NCc1nccs1. The molecule has 1 aromatic rings. The average molecular weight is 312 g/mol. The van der Waals surface area contributed by atoms with E-state index in [1.165, 1.54) is 12.8 Å². The van der Waals surface area contributed by atoms with Crippen LogP contribution in [0.1, 0.15) is 30.7 Å². The highest BCUT2D eigenvalue weighted by Gasteiger charge is 2.15. The summed E-state index contributed by atoms with van der Waals surface area (Å²) in [7, 11) is 0. The summed E-state index contributed by atoms with van der Waals surface area (Å²) in [5.74, 6) is 0.129. The summed E-state index contributed by atoms with van der Waals surface area (Å²) in [4.78, 5) is 15.7. The minimum atomic E-state index is 0. The van der Waals surface area contributed by atoms with Crippen LogP contribution in [0.3, 0.4) is 0 Å². The molecule has 0 aliphatic carbocycles. The zero-order valence-corrected chi connectivity index (χ0v) is 12.5. The first-order chi connectivity index (χ1) is 7.84. The van der Waals surface area contributed by atoms with E-state index in [2.05, 4.69) is 15.6 Å². The summed E-state index contributed by atoms with van der Waals surface area (Å²) in [6.07, 6.45) is 5.77. The van der Waals surface area contributed by atoms with Crippen LogP contribution >= 0.6 is 36.2 Å². The molecule has 1 aromatic heterocycles.